The quantitative estimate of drug-likeness (QED) is 0.561. The van der Waals surface area contributed by atoms with E-state index < -0.39 is 12.1 Å². The molecule has 1 fully saturated rings. The van der Waals surface area contributed by atoms with Gasteiger partial charge in [-0.1, -0.05) is 0 Å². The third-order valence-electron chi connectivity index (χ3n) is 1.38. The van der Waals surface area contributed by atoms with Gasteiger partial charge in [0, 0.05) is 13.1 Å². The van der Waals surface area contributed by atoms with Gasteiger partial charge >= 0.3 is 12.1 Å². The second kappa shape index (κ2) is 5.03. The highest BCUT2D eigenvalue weighted by Crippen LogP contribution is 2.13. The maximum absolute atomic E-state index is 10.6. The average molecular weight is 200 g/mol. The first-order chi connectivity index (χ1) is 5.84. The number of nitrogens with zero attached hydrogens (tertiary/aromatic N) is 1. The Morgan fingerprint density at radius 1 is 1.31 bits per heavy atom. The summed E-state index contributed by atoms with van der Waals surface area (Å²) in [6, 6.07) is 0. The monoisotopic (exact) mass is 200 g/mol. The molecular weight excluding hydrogens is 189 g/mol. The van der Waals surface area contributed by atoms with E-state index in [1.807, 2.05) is 5.01 Å². The first-order valence-electron chi connectivity index (χ1n) is 3.64. The van der Waals surface area contributed by atoms with Crippen molar-refractivity contribution in [3.8, 4) is 0 Å². The second-order valence-electron chi connectivity index (χ2n) is 2.55. The van der Waals surface area contributed by atoms with Crippen molar-refractivity contribution < 1.29 is 23.1 Å². The molecule has 3 N–H and O–H groups in total. The van der Waals surface area contributed by atoms with Crippen molar-refractivity contribution in [1.29, 1.82) is 0 Å². The number of nitrogens with two attached hydrogens (primary N) is 1. The molecule has 78 valence electrons. The first-order valence-corrected chi connectivity index (χ1v) is 3.64. The Balaban J connectivity index is 0.000000223. The van der Waals surface area contributed by atoms with Crippen LogP contribution in [0.5, 0.6) is 0 Å². The topological polar surface area (TPSA) is 66.6 Å². The van der Waals surface area contributed by atoms with E-state index >= 15 is 0 Å². The summed E-state index contributed by atoms with van der Waals surface area (Å²) in [5, 5.41) is 8.99. The number of hydrogen-bond donors (Lipinski definition) is 2. The van der Waals surface area contributed by atoms with Crippen LogP contribution in [0.4, 0.5) is 13.2 Å². The largest absolute Gasteiger partial charge is 0.490 e. The molecule has 0 aromatic heterocycles. The van der Waals surface area contributed by atoms with E-state index in [1.165, 1.54) is 12.8 Å². The SMILES string of the molecule is NN1CCCC1.O=C(O)C(F)(F)F. The number of alkyl halides is 3. The fourth-order valence-electron chi connectivity index (χ4n) is 0.742. The molecule has 0 aromatic rings. The number of carboxylic acids is 1. The molecule has 1 heterocycles. The maximum atomic E-state index is 10.6. The molecule has 0 saturated carbocycles. The highest BCUT2D eigenvalue weighted by atomic mass is 19.4. The van der Waals surface area contributed by atoms with Gasteiger partial charge in [-0.3, -0.25) is 5.84 Å². The zero-order valence-electron chi connectivity index (χ0n) is 6.84. The number of halogens is 3. The van der Waals surface area contributed by atoms with E-state index in [1.54, 1.807) is 0 Å². The van der Waals surface area contributed by atoms with Crippen molar-refractivity contribution in [2.75, 3.05) is 13.1 Å². The Bertz CT molecular complexity index is 166. The van der Waals surface area contributed by atoms with Gasteiger partial charge in [-0.05, 0) is 12.8 Å². The van der Waals surface area contributed by atoms with Gasteiger partial charge in [-0.15, -0.1) is 0 Å². The molecule has 0 spiro atoms. The predicted octanol–water partition coefficient (Wildman–Crippen LogP) is 0.589. The van der Waals surface area contributed by atoms with Gasteiger partial charge in [-0.2, -0.15) is 13.2 Å². The van der Waals surface area contributed by atoms with Crippen molar-refractivity contribution in [3.05, 3.63) is 0 Å². The third kappa shape index (κ3) is 6.35. The van der Waals surface area contributed by atoms with Crippen LogP contribution in [0.15, 0.2) is 0 Å². The molecule has 7 heteroatoms. The molecule has 0 aromatic carbocycles. The molecule has 0 atom stereocenters. The van der Waals surface area contributed by atoms with E-state index in [4.69, 9.17) is 15.7 Å². The van der Waals surface area contributed by atoms with Crippen LogP contribution < -0.4 is 5.84 Å². The van der Waals surface area contributed by atoms with Gasteiger partial charge in [0.25, 0.3) is 0 Å². The van der Waals surface area contributed by atoms with Crippen LogP contribution in [0.25, 0.3) is 0 Å². The molecule has 0 amide bonds. The summed E-state index contributed by atoms with van der Waals surface area (Å²) in [5.41, 5.74) is 0. The number of carboxylic acid groups (broad SMARTS) is 1. The molecule has 4 nitrogen and oxygen atoms in total. The number of carbonyl (C=O) groups is 1. The fraction of sp³-hybridized carbons (Fsp3) is 0.833. The highest BCUT2D eigenvalue weighted by molar-refractivity contribution is 5.73. The van der Waals surface area contributed by atoms with Crippen molar-refractivity contribution in [3.63, 3.8) is 0 Å². The van der Waals surface area contributed by atoms with Crippen molar-refractivity contribution in [1.82, 2.24) is 5.01 Å². The molecule has 13 heavy (non-hydrogen) atoms. The molecule has 0 bridgehead atoms. The molecule has 0 unspecified atom stereocenters. The molecule has 0 aliphatic carbocycles. The first kappa shape index (κ1) is 12.2. The Kier molecular flexibility index (Phi) is 4.71. The summed E-state index contributed by atoms with van der Waals surface area (Å²) in [5.74, 6) is 2.61. The molecular formula is C6H11F3N2O2. The smallest absolute Gasteiger partial charge is 0.475 e. The molecule has 1 aliphatic rings. The van der Waals surface area contributed by atoms with Gasteiger partial charge < -0.3 is 5.11 Å². The molecule has 1 rings (SSSR count). The third-order valence-corrected chi connectivity index (χ3v) is 1.38. The predicted molar refractivity (Wildman–Crippen MR) is 38.7 cm³/mol. The Labute approximate surface area is 73.1 Å². The van der Waals surface area contributed by atoms with Gasteiger partial charge in [0.1, 0.15) is 0 Å². The summed E-state index contributed by atoms with van der Waals surface area (Å²) in [7, 11) is 0. The van der Waals surface area contributed by atoms with Crippen molar-refractivity contribution >= 4 is 5.97 Å². The van der Waals surface area contributed by atoms with Crippen LogP contribution >= 0.6 is 0 Å². The summed E-state index contributed by atoms with van der Waals surface area (Å²) in [6.07, 6.45) is -2.51. The van der Waals surface area contributed by atoms with Gasteiger partial charge in [-0.25, -0.2) is 9.80 Å². The number of rotatable bonds is 0. The van der Waals surface area contributed by atoms with Crippen molar-refractivity contribution in [2.45, 2.75) is 19.0 Å². The maximum Gasteiger partial charge on any atom is 0.490 e. The number of hydrazine groups is 1. The van der Waals surface area contributed by atoms with Crippen LogP contribution in [0.3, 0.4) is 0 Å². The lowest BCUT2D eigenvalue weighted by molar-refractivity contribution is -0.192. The lowest BCUT2D eigenvalue weighted by Crippen LogP contribution is -2.26. The van der Waals surface area contributed by atoms with E-state index in [-0.39, 0.29) is 0 Å². The standard InChI is InChI=1S/C4H10N2.C2HF3O2/c5-6-3-1-2-4-6;3-2(4,5)1(6)7/h1-5H2;(H,6,7). The summed E-state index contributed by atoms with van der Waals surface area (Å²) in [6.45, 7) is 2.19. The van der Waals surface area contributed by atoms with E-state index in [0.29, 0.717) is 0 Å². The van der Waals surface area contributed by atoms with Crippen molar-refractivity contribution in [2.24, 2.45) is 5.84 Å². The van der Waals surface area contributed by atoms with E-state index in [2.05, 4.69) is 0 Å². The van der Waals surface area contributed by atoms with Crippen LogP contribution in [0.2, 0.25) is 0 Å². The molecule has 1 saturated heterocycles. The molecule has 0 radical (unpaired) electrons. The lowest BCUT2D eigenvalue weighted by Gasteiger charge is -2.01. The van der Waals surface area contributed by atoms with E-state index in [0.717, 1.165) is 13.1 Å². The Morgan fingerprint density at radius 2 is 1.62 bits per heavy atom. The number of hydrogen-bond acceptors (Lipinski definition) is 3. The zero-order valence-corrected chi connectivity index (χ0v) is 6.84. The normalized spacial score (nSPS) is 17.8. The minimum atomic E-state index is -5.08. The average Bonchev–Trinajstić information content (AvgIpc) is 2.38. The Morgan fingerprint density at radius 3 is 1.69 bits per heavy atom. The van der Waals surface area contributed by atoms with Gasteiger partial charge in [0.05, 0.1) is 0 Å². The van der Waals surface area contributed by atoms with Crippen LogP contribution in [-0.4, -0.2) is 35.4 Å². The fourth-order valence-corrected chi connectivity index (χ4v) is 0.742. The van der Waals surface area contributed by atoms with Gasteiger partial charge in [0.15, 0.2) is 0 Å². The summed E-state index contributed by atoms with van der Waals surface area (Å²) in [4.78, 5) is 8.90. The minimum Gasteiger partial charge on any atom is -0.475 e. The second-order valence-corrected chi connectivity index (χ2v) is 2.55. The number of aliphatic carboxylic acids is 1. The van der Waals surface area contributed by atoms with Gasteiger partial charge in [0.2, 0.25) is 0 Å². The van der Waals surface area contributed by atoms with Crippen LogP contribution in [0.1, 0.15) is 12.8 Å². The summed E-state index contributed by atoms with van der Waals surface area (Å²) < 4.78 is 31.7. The van der Waals surface area contributed by atoms with E-state index in [9.17, 15) is 13.2 Å². The Hall–Kier alpha value is -0.820. The summed E-state index contributed by atoms with van der Waals surface area (Å²) >= 11 is 0. The molecule has 1 aliphatic heterocycles. The highest BCUT2D eigenvalue weighted by Gasteiger charge is 2.38. The van der Waals surface area contributed by atoms with Crippen LogP contribution in [0, 0.1) is 0 Å². The lowest BCUT2D eigenvalue weighted by atomic mass is 10.4. The zero-order chi connectivity index (χ0) is 10.5. The van der Waals surface area contributed by atoms with Crippen LogP contribution in [-0.2, 0) is 4.79 Å². The minimum absolute atomic E-state index is 1.10.